The zero-order valence-electron chi connectivity index (χ0n) is 4.16. The summed E-state index contributed by atoms with van der Waals surface area (Å²) in [6.07, 6.45) is 1.79. The van der Waals surface area contributed by atoms with Crippen molar-refractivity contribution in [2.75, 3.05) is 0 Å². The van der Waals surface area contributed by atoms with E-state index in [9.17, 15) is 0 Å². The number of aromatic nitrogens is 3. The predicted octanol–water partition coefficient (Wildman–Crippen LogP) is 0.828. The van der Waals surface area contributed by atoms with Gasteiger partial charge in [0.1, 0.15) is 0 Å². The maximum atomic E-state index is 3.77. The molecule has 0 aliphatic rings. The van der Waals surface area contributed by atoms with Gasteiger partial charge in [0.05, 0.1) is 5.69 Å². The standard InChI is InChI=1S/C3H6N3PS/c7-8-2-3-1-4-6-5-3/h1H,2,7H2,(H,4,5,6). The normalized spacial score (nSPS) is 9.62. The molecule has 0 amide bonds. The fourth-order valence-electron chi connectivity index (χ4n) is 0.381. The lowest BCUT2D eigenvalue weighted by Gasteiger charge is -1.82. The van der Waals surface area contributed by atoms with E-state index in [2.05, 4.69) is 23.9 Å². The van der Waals surface area contributed by atoms with Crippen LogP contribution in [0.1, 0.15) is 5.69 Å². The van der Waals surface area contributed by atoms with Gasteiger partial charge in [-0.25, -0.2) is 0 Å². The maximum Gasteiger partial charge on any atom is 0.0926 e. The summed E-state index contributed by atoms with van der Waals surface area (Å²) in [7, 11) is 2.56. The number of H-pyrrole nitrogens is 1. The van der Waals surface area contributed by atoms with E-state index in [1.807, 2.05) is 0 Å². The predicted molar refractivity (Wildman–Crippen MR) is 37.4 cm³/mol. The van der Waals surface area contributed by atoms with Gasteiger partial charge in [0.2, 0.25) is 0 Å². The minimum atomic E-state index is 0.904. The van der Waals surface area contributed by atoms with Gasteiger partial charge in [-0.15, -0.1) is 16.5 Å². The van der Waals surface area contributed by atoms with Crippen LogP contribution in [0.25, 0.3) is 0 Å². The summed E-state index contributed by atoms with van der Waals surface area (Å²) >= 11 is 1.65. The second-order valence-electron chi connectivity index (χ2n) is 1.28. The summed E-state index contributed by atoms with van der Waals surface area (Å²) in [5, 5.41) is 9.94. The van der Waals surface area contributed by atoms with E-state index in [0.717, 1.165) is 11.4 Å². The van der Waals surface area contributed by atoms with Crippen LogP contribution >= 0.6 is 19.8 Å². The van der Waals surface area contributed by atoms with Gasteiger partial charge in [0.25, 0.3) is 0 Å². The molecule has 0 radical (unpaired) electrons. The van der Waals surface area contributed by atoms with Crippen LogP contribution in [0.15, 0.2) is 6.20 Å². The van der Waals surface area contributed by atoms with Crippen LogP contribution < -0.4 is 0 Å². The molecular formula is C3H6N3PS. The molecule has 8 heavy (non-hydrogen) atoms. The SMILES string of the molecule is PSCc1c[nH]nn1. The van der Waals surface area contributed by atoms with Crippen molar-refractivity contribution < 1.29 is 0 Å². The second kappa shape index (κ2) is 3.05. The van der Waals surface area contributed by atoms with E-state index in [1.165, 1.54) is 0 Å². The average molecular weight is 147 g/mol. The van der Waals surface area contributed by atoms with Crippen molar-refractivity contribution in [3.63, 3.8) is 0 Å². The molecule has 1 atom stereocenters. The smallest absolute Gasteiger partial charge is 0.0926 e. The molecule has 0 aliphatic heterocycles. The number of rotatable bonds is 2. The van der Waals surface area contributed by atoms with Crippen LogP contribution in [-0.2, 0) is 5.75 Å². The molecule has 44 valence electrons. The summed E-state index contributed by atoms with van der Waals surface area (Å²) in [5.74, 6) is 0.904. The molecule has 1 N–H and O–H groups in total. The molecule has 5 heteroatoms. The summed E-state index contributed by atoms with van der Waals surface area (Å²) < 4.78 is 0. The summed E-state index contributed by atoms with van der Waals surface area (Å²) in [4.78, 5) is 0. The van der Waals surface area contributed by atoms with Crippen LogP contribution in [0.5, 0.6) is 0 Å². The van der Waals surface area contributed by atoms with E-state index in [1.54, 1.807) is 17.6 Å². The monoisotopic (exact) mass is 147 g/mol. The molecule has 1 aromatic rings. The summed E-state index contributed by atoms with van der Waals surface area (Å²) in [6.45, 7) is 0. The molecule has 0 aliphatic carbocycles. The first kappa shape index (κ1) is 6.05. The lowest BCUT2D eigenvalue weighted by Crippen LogP contribution is -1.75. The summed E-state index contributed by atoms with van der Waals surface area (Å²) in [5.41, 5.74) is 0.991. The third kappa shape index (κ3) is 1.46. The van der Waals surface area contributed by atoms with Gasteiger partial charge in [-0.2, -0.15) is 0 Å². The van der Waals surface area contributed by atoms with Gasteiger partial charge >= 0.3 is 0 Å². The van der Waals surface area contributed by atoms with Crippen LogP contribution in [0.4, 0.5) is 0 Å². The molecule has 0 spiro atoms. The van der Waals surface area contributed by atoms with Crippen molar-refractivity contribution in [1.82, 2.24) is 15.4 Å². The zero-order valence-corrected chi connectivity index (χ0v) is 6.14. The van der Waals surface area contributed by atoms with Crippen LogP contribution in [0, 0.1) is 0 Å². The van der Waals surface area contributed by atoms with Crippen LogP contribution in [0.3, 0.4) is 0 Å². The minimum absolute atomic E-state index is 0.904. The molecule has 0 bridgehead atoms. The molecule has 3 nitrogen and oxygen atoms in total. The van der Waals surface area contributed by atoms with Gasteiger partial charge in [-0.05, 0) is 0 Å². The van der Waals surface area contributed by atoms with E-state index >= 15 is 0 Å². The van der Waals surface area contributed by atoms with Crippen LogP contribution in [-0.4, -0.2) is 15.4 Å². The first-order chi connectivity index (χ1) is 3.93. The van der Waals surface area contributed by atoms with Crippen molar-refractivity contribution in [3.05, 3.63) is 11.9 Å². The van der Waals surface area contributed by atoms with Gasteiger partial charge in [0, 0.05) is 11.9 Å². The molecule has 1 unspecified atom stereocenters. The molecular weight excluding hydrogens is 141 g/mol. The Hall–Kier alpha value is -0.0800. The molecule has 1 rings (SSSR count). The molecule has 0 fully saturated rings. The first-order valence-corrected chi connectivity index (χ1v) is 4.57. The van der Waals surface area contributed by atoms with E-state index < -0.39 is 0 Å². The maximum absolute atomic E-state index is 3.77. The highest BCUT2D eigenvalue weighted by molar-refractivity contribution is 8.43. The van der Waals surface area contributed by atoms with Crippen molar-refractivity contribution in [2.24, 2.45) is 0 Å². The highest BCUT2D eigenvalue weighted by atomic mass is 32.7. The molecule has 0 saturated heterocycles. The highest BCUT2D eigenvalue weighted by Gasteiger charge is 1.89. The largest absolute Gasteiger partial charge is 0.265 e. The van der Waals surface area contributed by atoms with Crippen molar-refractivity contribution in [3.8, 4) is 0 Å². The van der Waals surface area contributed by atoms with Crippen molar-refractivity contribution in [2.45, 2.75) is 5.75 Å². The second-order valence-corrected chi connectivity index (χ2v) is 2.90. The van der Waals surface area contributed by atoms with Crippen molar-refractivity contribution >= 4 is 19.8 Å². The third-order valence-corrected chi connectivity index (χ3v) is 1.66. The Morgan fingerprint density at radius 1 is 1.88 bits per heavy atom. The Kier molecular flexibility index (Phi) is 2.30. The van der Waals surface area contributed by atoms with Gasteiger partial charge < -0.3 is 0 Å². The molecule has 0 saturated carbocycles. The number of nitrogens with one attached hydrogen (secondary N) is 1. The Bertz CT molecular complexity index is 140. The Balaban J connectivity index is 2.50. The third-order valence-electron chi connectivity index (χ3n) is 0.699. The average Bonchev–Trinajstić information content (AvgIpc) is 2.19. The van der Waals surface area contributed by atoms with Crippen molar-refractivity contribution in [1.29, 1.82) is 0 Å². The quantitative estimate of drug-likeness (QED) is 0.630. The Labute approximate surface area is 53.6 Å². The molecule has 1 aromatic heterocycles. The molecule has 1 heterocycles. The first-order valence-electron chi connectivity index (χ1n) is 2.10. The van der Waals surface area contributed by atoms with E-state index in [-0.39, 0.29) is 0 Å². The van der Waals surface area contributed by atoms with Gasteiger partial charge in [-0.1, -0.05) is 13.7 Å². The van der Waals surface area contributed by atoms with Gasteiger partial charge in [0.15, 0.2) is 0 Å². The minimum Gasteiger partial charge on any atom is -0.265 e. The number of hydrogen-bond donors (Lipinski definition) is 1. The number of hydrogen-bond acceptors (Lipinski definition) is 3. The van der Waals surface area contributed by atoms with E-state index in [4.69, 9.17) is 0 Å². The van der Waals surface area contributed by atoms with Crippen LogP contribution in [0.2, 0.25) is 0 Å². The lowest BCUT2D eigenvalue weighted by molar-refractivity contribution is 0.926. The van der Waals surface area contributed by atoms with E-state index in [0.29, 0.717) is 0 Å². The zero-order chi connectivity index (χ0) is 5.82. The number of aromatic amines is 1. The Morgan fingerprint density at radius 3 is 3.25 bits per heavy atom. The fourth-order valence-corrected chi connectivity index (χ4v) is 1.21. The molecule has 0 aromatic carbocycles. The fraction of sp³-hybridized carbons (Fsp3) is 0.333. The number of nitrogens with zero attached hydrogens (tertiary/aromatic N) is 2. The Morgan fingerprint density at radius 2 is 2.75 bits per heavy atom. The lowest BCUT2D eigenvalue weighted by atomic mass is 10.6. The summed E-state index contributed by atoms with van der Waals surface area (Å²) in [6, 6.07) is 0. The van der Waals surface area contributed by atoms with Gasteiger partial charge in [-0.3, -0.25) is 5.10 Å². The topological polar surface area (TPSA) is 41.6 Å². The highest BCUT2D eigenvalue weighted by Crippen LogP contribution is 2.15.